The summed E-state index contributed by atoms with van der Waals surface area (Å²) in [5.41, 5.74) is 10.3. The van der Waals surface area contributed by atoms with E-state index in [-0.39, 0.29) is 0 Å². The van der Waals surface area contributed by atoms with Crippen LogP contribution in [-0.2, 0) is 13.0 Å². The molecule has 0 saturated heterocycles. The van der Waals surface area contributed by atoms with Crippen LogP contribution in [-0.4, -0.2) is 12.0 Å². The molecular weight excluding hydrogens is 234 g/mol. The van der Waals surface area contributed by atoms with Crippen LogP contribution in [0.25, 0.3) is 0 Å². The van der Waals surface area contributed by atoms with Crippen LogP contribution in [0.15, 0.2) is 36.4 Å². The third-order valence-electron chi connectivity index (χ3n) is 3.31. The lowest BCUT2D eigenvalue weighted by Crippen LogP contribution is -2.12. The molecule has 1 aromatic heterocycles. The Morgan fingerprint density at radius 1 is 1.11 bits per heavy atom. The van der Waals surface area contributed by atoms with Gasteiger partial charge in [0.05, 0.1) is 0 Å². The zero-order valence-electron chi connectivity index (χ0n) is 11.9. The Bertz CT molecular complexity index is 546. The van der Waals surface area contributed by atoms with Crippen LogP contribution in [0.5, 0.6) is 0 Å². The number of benzene rings is 1. The number of aryl methyl sites for hydroxylation is 2. The summed E-state index contributed by atoms with van der Waals surface area (Å²) in [6.07, 6.45) is 1.06. The summed E-state index contributed by atoms with van der Waals surface area (Å²) >= 11 is 0. The predicted molar refractivity (Wildman–Crippen MR) is 80.7 cm³/mol. The molecule has 0 unspecified atom stereocenters. The second-order valence-corrected chi connectivity index (χ2v) is 4.76. The first-order valence-corrected chi connectivity index (χ1v) is 6.64. The van der Waals surface area contributed by atoms with Gasteiger partial charge in [0.25, 0.3) is 0 Å². The maximum absolute atomic E-state index is 5.72. The molecule has 0 atom stereocenters. The van der Waals surface area contributed by atoms with Gasteiger partial charge >= 0.3 is 0 Å². The van der Waals surface area contributed by atoms with Crippen molar-refractivity contribution < 1.29 is 0 Å². The smallest absolute Gasteiger partial charge is 0.133 e. The highest BCUT2D eigenvalue weighted by molar-refractivity contribution is 5.60. The van der Waals surface area contributed by atoms with Gasteiger partial charge in [0.1, 0.15) is 5.82 Å². The van der Waals surface area contributed by atoms with E-state index in [0.29, 0.717) is 6.54 Å². The molecule has 0 amide bonds. The molecule has 0 fully saturated rings. The molecule has 0 bridgehead atoms. The average Bonchev–Trinajstić information content (AvgIpc) is 2.46. The average molecular weight is 255 g/mol. The predicted octanol–water partition coefficient (Wildman–Crippen LogP) is 3.18. The molecule has 2 rings (SSSR count). The van der Waals surface area contributed by atoms with Gasteiger partial charge in [0.2, 0.25) is 0 Å². The fourth-order valence-corrected chi connectivity index (χ4v) is 2.10. The van der Waals surface area contributed by atoms with E-state index in [1.165, 1.54) is 5.56 Å². The number of rotatable bonds is 4. The Kier molecular flexibility index (Phi) is 4.17. The Balaban J connectivity index is 2.31. The van der Waals surface area contributed by atoms with E-state index in [1.54, 1.807) is 0 Å². The van der Waals surface area contributed by atoms with Gasteiger partial charge < -0.3 is 10.6 Å². The minimum Gasteiger partial charge on any atom is -0.329 e. The maximum Gasteiger partial charge on any atom is 0.133 e. The Labute approximate surface area is 115 Å². The molecule has 0 aliphatic heterocycles. The van der Waals surface area contributed by atoms with Crippen LogP contribution >= 0.6 is 0 Å². The molecule has 3 heteroatoms. The summed E-state index contributed by atoms with van der Waals surface area (Å²) in [6.45, 7) is 4.70. The van der Waals surface area contributed by atoms with E-state index in [0.717, 1.165) is 29.2 Å². The second-order valence-electron chi connectivity index (χ2n) is 4.76. The van der Waals surface area contributed by atoms with E-state index in [2.05, 4.69) is 41.1 Å². The Hall–Kier alpha value is -1.87. The van der Waals surface area contributed by atoms with Crippen LogP contribution in [0.2, 0.25) is 0 Å². The van der Waals surface area contributed by atoms with Gasteiger partial charge in [0, 0.05) is 25.0 Å². The molecule has 3 nitrogen and oxygen atoms in total. The van der Waals surface area contributed by atoms with Crippen molar-refractivity contribution in [1.29, 1.82) is 0 Å². The minimum atomic E-state index is 0.541. The third-order valence-corrected chi connectivity index (χ3v) is 3.31. The van der Waals surface area contributed by atoms with Crippen molar-refractivity contribution in [2.75, 3.05) is 11.9 Å². The number of pyridine rings is 1. The van der Waals surface area contributed by atoms with E-state index in [1.807, 2.05) is 26.1 Å². The first-order chi connectivity index (χ1) is 9.13. The van der Waals surface area contributed by atoms with Gasteiger partial charge in [0.15, 0.2) is 0 Å². The molecule has 0 aliphatic rings. The molecule has 0 radical (unpaired) electrons. The number of anilines is 2. The zero-order valence-corrected chi connectivity index (χ0v) is 11.9. The molecule has 100 valence electrons. The van der Waals surface area contributed by atoms with Gasteiger partial charge in [-0.3, -0.25) is 0 Å². The fourth-order valence-electron chi connectivity index (χ4n) is 2.10. The van der Waals surface area contributed by atoms with Crippen LogP contribution in [0, 0.1) is 6.92 Å². The number of nitrogens with two attached hydrogens (primary N) is 1. The summed E-state index contributed by atoms with van der Waals surface area (Å²) in [4.78, 5) is 6.66. The first-order valence-electron chi connectivity index (χ1n) is 6.64. The van der Waals surface area contributed by atoms with Gasteiger partial charge in [-0.1, -0.05) is 19.1 Å². The highest BCUT2D eigenvalue weighted by atomic mass is 15.2. The molecule has 0 saturated carbocycles. The van der Waals surface area contributed by atoms with E-state index in [9.17, 15) is 0 Å². The largest absolute Gasteiger partial charge is 0.329 e. The van der Waals surface area contributed by atoms with Crippen molar-refractivity contribution in [1.82, 2.24) is 4.98 Å². The van der Waals surface area contributed by atoms with Crippen LogP contribution < -0.4 is 10.6 Å². The van der Waals surface area contributed by atoms with Crippen LogP contribution in [0.1, 0.15) is 23.7 Å². The molecule has 2 aromatic rings. The normalized spacial score (nSPS) is 10.5. The minimum absolute atomic E-state index is 0.541. The first kappa shape index (κ1) is 13.6. The van der Waals surface area contributed by atoms with Gasteiger partial charge in [-0.25, -0.2) is 4.98 Å². The maximum atomic E-state index is 5.72. The number of hydrogen-bond donors (Lipinski definition) is 1. The topological polar surface area (TPSA) is 42.1 Å². The summed E-state index contributed by atoms with van der Waals surface area (Å²) in [6, 6.07) is 12.6. The monoisotopic (exact) mass is 255 g/mol. The Morgan fingerprint density at radius 2 is 1.79 bits per heavy atom. The second kappa shape index (κ2) is 5.85. The summed E-state index contributed by atoms with van der Waals surface area (Å²) in [7, 11) is 2.03. The highest BCUT2D eigenvalue weighted by Crippen LogP contribution is 2.23. The lowest BCUT2D eigenvalue weighted by molar-refractivity contribution is 1.02. The zero-order chi connectivity index (χ0) is 13.8. The van der Waals surface area contributed by atoms with Crippen molar-refractivity contribution in [2.24, 2.45) is 5.73 Å². The fraction of sp³-hybridized carbons (Fsp3) is 0.312. The summed E-state index contributed by atoms with van der Waals surface area (Å²) in [5, 5.41) is 0. The molecule has 0 spiro atoms. The van der Waals surface area contributed by atoms with Crippen LogP contribution in [0.4, 0.5) is 11.5 Å². The van der Waals surface area contributed by atoms with E-state index >= 15 is 0 Å². The molecule has 0 aliphatic carbocycles. The van der Waals surface area contributed by atoms with Crippen LogP contribution in [0.3, 0.4) is 0 Å². The Morgan fingerprint density at radius 3 is 2.37 bits per heavy atom. The van der Waals surface area contributed by atoms with Gasteiger partial charge in [-0.05, 0) is 48.7 Å². The van der Waals surface area contributed by atoms with E-state index in [4.69, 9.17) is 5.73 Å². The van der Waals surface area contributed by atoms with Crippen molar-refractivity contribution in [3.05, 3.63) is 53.2 Å². The SMILES string of the molecule is CCc1ccc(N(C)c2cc(CN)cc(C)n2)cc1. The molecular formula is C16H21N3. The molecule has 1 heterocycles. The lowest BCUT2D eigenvalue weighted by Gasteiger charge is -2.20. The van der Waals surface area contributed by atoms with Gasteiger partial charge in [-0.15, -0.1) is 0 Å². The van der Waals surface area contributed by atoms with Gasteiger partial charge in [-0.2, -0.15) is 0 Å². The van der Waals surface area contributed by atoms with Crippen molar-refractivity contribution in [2.45, 2.75) is 26.8 Å². The van der Waals surface area contributed by atoms with E-state index < -0.39 is 0 Å². The summed E-state index contributed by atoms with van der Waals surface area (Å²) < 4.78 is 0. The number of aromatic nitrogens is 1. The molecule has 1 aromatic carbocycles. The van der Waals surface area contributed by atoms with Crippen molar-refractivity contribution >= 4 is 11.5 Å². The highest BCUT2D eigenvalue weighted by Gasteiger charge is 2.07. The molecule has 19 heavy (non-hydrogen) atoms. The van der Waals surface area contributed by atoms with Crippen molar-refractivity contribution in [3.63, 3.8) is 0 Å². The lowest BCUT2D eigenvalue weighted by atomic mass is 10.1. The van der Waals surface area contributed by atoms with Crippen molar-refractivity contribution in [3.8, 4) is 0 Å². The quantitative estimate of drug-likeness (QED) is 0.912. The standard InChI is InChI=1S/C16H21N3/c1-4-13-5-7-15(8-6-13)19(3)16-10-14(11-17)9-12(2)18-16/h5-10H,4,11,17H2,1-3H3. The number of nitrogens with zero attached hydrogens (tertiary/aromatic N) is 2. The summed E-state index contributed by atoms with van der Waals surface area (Å²) in [5.74, 6) is 0.935. The number of hydrogen-bond acceptors (Lipinski definition) is 3. The molecule has 2 N–H and O–H groups in total. The third kappa shape index (κ3) is 3.12.